The van der Waals surface area contributed by atoms with E-state index < -0.39 is 17.7 Å². The van der Waals surface area contributed by atoms with Crippen molar-refractivity contribution in [2.24, 2.45) is 0 Å². The number of carbonyl (C=O) groups is 2. The summed E-state index contributed by atoms with van der Waals surface area (Å²) < 4.78 is 20.5. The van der Waals surface area contributed by atoms with Gasteiger partial charge >= 0.3 is 5.97 Å². The third-order valence-corrected chi connectivity index (χ3v) is 4.20. The molecule has 0 radical (unpaired) electrons. The molecule has 5 nitrogen and oxygen atoms in total. The Labute approximate surface area is 152 Å². The van der Waals surface area contributed by atoms with Crippen LogP contribution in [0.1, 0.15) is 44.6 Å². The maximum absolute atomic E-state index is 13.7. The van der Waals surface area contributed by atoms with Crippen molar-refractivity contribution < 1.29 is 18.7 Å². The third-order valence-electron chi connectivity index (χ3n) is 4.20. The number of ether oxygens (including phenoxy) is 1. The van der Waals surface area contributed by atoms with E-state index >= 15 is 0 Å². The van der Waals surface area contributed by atoms with Gasteiger partial charge < -0.3 is 14.6 Å². The molecular formula is C20H23FN2O3. The standard InChI is InChI=1S/C20H23FN2O3/c1-6-10-23-14(5)17(13(4)18(23)20(25)26-7-2)19(24)22-15-9-8-12(3)16(21)11-15/h6,8-9,11H,1,7,10H2,2-5H3,(H,22,24). The molecule has 0 saturated heterocycles. The monoisotopic (exact) mass is 358 g/mol. The Bertz CT molecular complexity index is 868. The molecule has 0 atom stereocenters. The number of carbonyl (C=O) groups excluding carboxylic acids is 2. The summed E-state index contributed by atoms with van der Waals surface area (Å²) in [6.45, 7) is 11.1. The number of esters is 1. The number of aromatic nitrogens is 1. The van der Waals surface area contributed by atoms with Gasteiger partial charge in [-0.2, -0.15) is 0 Å². The van der Waals surface area contributed by atoms with Crippen LogP contribution in [0.2, 0.25) is 0 Å². The molecule has 1 heterocycles. The maximum Gasteiger partial charge on any atom is 0.355 e. The summed E-state index contributed by atoms with van der Waals surface area (Å²) in [7, 11) is 0. The van der Waals surface area contributed by atoms with Gasteiger partial charge in [0.2, 0.25) is 0 Å². The van der Waals surface area contributed by atoms with Crippen LogP contribution in [-0.4, -0.2) is 23.1 Å². The van der Waals surface area contributed by atoms with Crippen molar-refractivity contribution in [2.75, 3.05) is 11.9 Å². The first-order chi connectivity index (χ1) is 12.3. The van der Waals surface area contributed by atoms with Gasteiger partial charge in [0.05, 0.1) is 12.2 Å². The Kier molecular flexibility index (Phi) is 5.97. The van der Waals surface area contributed by atoms with Crippen LogP contribution < -0.4 is 5.32 Å². The highest BCUT2D eigenvalue weighted by atomic mass is 19.1. The van der Waals surface area contributed by atoms with E-state index in [1.807, 2.05) is 0 Å². The number of nitrogens with one attached hydrogen (secondary N) is 1. The van der Waals surface area contributed by atoms with E-state index in [4.69, 9.17) is 4.74 Å². The topological polar surface area (TPSA) is 60.3 Å². The van der Waals surface area contributed by atoms with E-state index in [2.05, 4.69) is 11.9 Å². The summed E-state index contributed by atoms with van der Waals surface area (Å²) in [6.07, 6.45) is 1.65. The molecule has 6 heteroatoms. The molecule has 0 saturated carbocycles. The first kappa shape index (κ1) is 19.4. The number of nitrogens with zero attached hydrogens (tertiary/aromatic N) is 1. The molecule has 1 aromatic heterocycles. The molecule has 2 rings (SSSR count). The van der Waals surface area contributed by atoms with Crippen LogP contribution >= 0.6 is 0 Å². The fourth-order valence-corrected chi connectivity index (χ4v) is 2.91. The quantitative estimate of drug-likeness (QED) is 0.623. The highest BCUT2D eigenvalue weighted by molar-refractivity contribution is 6.08. The van der Waals surface area contributed by atoms with Gasteiger partial charge in [-0.1, -0.05) is 12.1 Å². The second kappa shape index (κ2) is 7.99. The van der Waals surface area contributed by atoms with Crippen LogP contribution in [-0.2, 0) is 11.3 Å². The average Bonchev–Trinajstić information content (AvgIpc) is 2.82. The number of allylic oxidation sites excluding steroid dienone is 1. The van der Waals surface area contributed by atoms with Crippen molar-refractivity contribution in [3.8, 4) is 0 Å². The maximum atomic E-state index is 13.7. The minimum absolute atomic E-state index is 0.237. The van der Waals surface area contributed by atoms with E-state index in [1.165, 1.54) is 6.07 Å². The van der Waals surface area contributed by atoms with Gasteiger partial charge in [-0.15, -0.1) is 6.58 Å². The number of benzene rings is 1. The van der Waals surface area contributed by atoms with Crippen molar-refractivity contribution in [3.05, 3.63) is 64.7 Å². The molecule has 0 fully saturated rings. The van der Waals surface area contributed by atoms with Crippen LogP contribution in [0.15, 0.2) is 30.9 Å². The molecule has 1 aromatic carbocycles. The van der Waals surface area contributed by atoms with E-state index in [9.17, 15) is 14.0 Å². The van der Waals surface area contributed by atoms with Crippen molar-refractivity contribution >= 4 is 17.6 Å². The van der Waals surface area contributed by atoms with Crippen LogP contribution in [0.4, 0.5) is 10.1 Å². The van der Waals surface area contributed by atoms with E-state index in [0.717, 1.165) is 0 Å². The Hall–Kier alpha value is -2.89. The minimum Gasteiger partial charge on any atom is -0.461 e. The van der Waals surface area contributed by atoms with E-state index in [-0.39, 0.29) is 6.61 Å². The normalized spacial score (nSPS) is 10.5. The van der Waals surface area contributed by atoms with Gasteiger partial charge in [-0.25, -0.2) is 9.18 Å². The zero-order valence-electron chi connectivity index (χ0n) is 15.5. The van der Waals surface area contributed by atoms with Gasteiger partial charge in [0.1, 0.15) is 11.5 Å². The first-order valence-electron chi connectivity index (χ1n) is 8.37. The fraction of sp³-hybridized carbons (Fsp3) is 0.300. The summed E-state index contributed by atoms with van der Waals surface area (Å²) in [5.74, 6) is -1.29. The van der Waals surface area contributed by atoms with Gasteiger partial charge in [0.15, 0.2) is 0 Å². The lowest BCUT2D eigenvalue weighted by molar-refractivity contribution is 0.0513. The number of aryl methyl sites for hydroxylation is 1. The van der Waals surface area contributed by atoms with E-state index in [1.54, 1.807) is 50.5 Å². The Morgan fingerprint density at radius 3 is 2.58 bits per heavy atom. The lowest BCUT2D eigenvalue weighted by Gasteiger charge is -2.09. The largest absolute Gasteiger partial charge is 0.461 e. The number of hydrogen-bond acceptors (Lipinski definition) is 3. The van der Waals surface area contributed by atoms with Crippen LogP contribution in [0, 0.1) is 26.6 Å². The molecule has 2 aromatic rings. The highest BCUT2D eigenvalue weighted by Crippen LogP contribution is 2.25. The molecular weight excluding hydrogens is 335 g/mol. The molecule has 0 aliphatic heterocycles. The lowest BCUT2D eigenvalue weighted by Crippen LogP contribution is -2.14. The summed E-state index contributed by atoms with van der Waals surface area (Å²) in [5, 5.41) is 2.69. The molecule has 0 unspecified atom stereocenters. The van der Waals surface area contributed by atoms with E-state index in [0.29, 0.717) is 40.3 Å². The number of hydrogen-bond donors (Lipinski definition) is 1. The Balaban J connectivity index is 2.45. The summed E-state index contributed by atoms with van der Waals surface area (Å²) in [4.78, 5) is 25.1. The predicted octanol–water partition coefficient (Wildman–Crippen LogP) is 4.17. The molecule has 1 N–H and O–H groups in total. The van der Waals surface area contributed by atoms with Crippen molar-refractivity contribution in [1.29, 1.82) is 0 Å². The lowest BCUT2D eigenvalue weighted by atomic mass is 10.1. The molecule has 0 aliphatic carbocycles. The summed E-state index contributed by atoms with van der Waals surface area (Å²) in [6, 6.07) is 4.50. The molecule has 0 spiro atoms. The van der Waals surface area contributed by atoms with Crippen molar-refractivity contribution in [2.45, 2.75) is 34.2 Å². The van der Waals surface area contributed by atoms with Gasteiger partial charge in [-0.3, -0.25) is 4.79 Å². The number of rotatable bonds is 6. The first-order valence-corrected chi connectivity index (χ1v) is 8.37. The second-order valence-electron chi connectivity index (χ2n) is 5.97. The number of anilines is 1. The van der Waals surface area contributed by atoms with Gasteiger partial charge in [0, 0.05) is 17.9 Å². The Morgan fingerprint density at radius 1 is 1.31 bits per heavy atom. The van der Waals surface area contributed by atoms with Gasteiger partial charge in [0.25, 0.3) is 5.91 Å². The molecule has 138 valence electrons. The molecule has 1 amide bonds. The highest BCUT2D eigenvalue weighted by Gasteiger charge is 2.26. The van der Waals surface area contributed by atoms with Crippen molar-refractivity contribution in [3.63, 3.8) is 0 Å². The average molecular weight is 358 g/mol. The summed E-state index contributed by atoms with van der Waals surface area (Å²) in [5.41, 5.74) is 2.69. The SMILES string of the molecule is C=CCn1c(C)c(C(=O)Nc2ccc(C)c(F)c2)c(C)c1C(=O)OCC. The van der Waals surface area contributed by atoms with Crippen LogP contribution in [0.3, 0.4) is 0 Å². The Morgan fingerprint density at radius 2 is 2.00 bits per heavy atom. The second-order valence-corrected chi connectivity index (χ2v) is 5.97. The third kappa shape index (κ3) is 3.69. The molecule has 0 aliphatic rings. The van der Waals surface area contributed by atoms with Crippen LogP contribution in [0.25, 0.3) is 0 Å². The smallest absolute Gasteiger partial charge is 0.355 e. The van der Waals surface area contributed by atoms with Crippen molar-refractivity contribution in [1.82, 2.24) is 4.57 Å². The fourth-order valence-electron chi connectivity index (χ4n) is 2.91. The zero-order chi connectivity index (χ0) is 19.4. The molecule has 0 bridgehead atoms. The summed E-state index contributed by atoms with van der Waals surface area (Å²) >= 11 is 0. The predicted molar refractivity (Wildman–Crippen MR) is 99.1 cm³/mol. The van der Waals surface area contributed by atoms with Crippen LogP contribution in [0.5, 0.6) is 0 Å². The van der Waals surface area contributed by atoms with Gasteiger partial charge in [-0.05, 0) is 51.0 Å². The number of halogens is 1. The minimum atomic E-state index is -0.490. The molecule has 26 heavy (non-hydrogen) atoms. The zero-order valence-corrected chi connectivity index (χ0v) is 15.5. The number of amides is 1.